The molecule has 1 unspecified atom stereocenters. The van der Waals surface area contributed by atoms with Crippen molar-refractivity contribution in [3.05, 3.63) is 29.3 Å². The minimum absolute atomic E-state index is 0.0206. The Balaban J connectivity index is 2.39. The second kappa shape index (κ2) is 6.22. The van der Waals surface area contributed by atoms with Gasteiger partial charge in [0.25, 0.3) is 0 Å². The van der Waals surface area contributed by atoms with E-state index in [9.17, 15) is 9.59 Å². The fourth-order valence-electron chi connectivity index (χ4n) is 1.08. The van der Waals surface area contributed by atoms with Crippen molar-refractivity contribution in [1.82, 2.24) is 5.32 Å². The van der Waals surface area contributed by atoms with E-state index >= 15 is 0 Å². The molecule has 0 bridgehead atoms. The predicted octanol–water partition coefficient (Wildman–Crippen LogP) is 0.742. The van der Waals surface area contributed by atoms with Gasteiger partial charge in [-0.15, -0.1) is 0 Å². The quantitative estimate of drug-likeness (QED) is 0.726. The zero-order chi connectivity index (χ0) is 12.8. The minimum Gasteiger partial charge on any atom is -0.368 e. The Hall–Kier alpha value is -1.59. The van der Waals surface area contributed by atoms with E-state index < -0.39 is 11.9 Å². The maximum atomic E-state index is 11.5. The molecule has 0 radical (unpaired) electrons. The maximum absolute atomic E-state index is 11.5. The van der Waals surface area contributed by atoms with E-state index in [1.807, 2.05) is 0 Å². The number of primary amides is 1. The molecule has 1 aromatic carbocycles. The van der Waals surface area contributed by atoms with Crippen molar-refractivity contribution < 1.29 is 9.59 Å². The van der Waals surface area contributed by atoms with Gasteiger partial charge in [-0.1, -0.05) is 11.6 Å². The number of hydrogen-bond donors (Lipinski definition) is 3. The molecule has 1 atom stereocenters. The standard InChI is InChI=1S/C11H14ClN3O2/c1-7(11(13)17)14-6-10(16)15-9-4-2-8(12)3-5-9/h2-5,7,14H,6H2,1H3,(H2,13,17)(H,15,16). The van der Waals surface area contributed by atoms with Crippen molar-refractivity contribution in [3.8, 4) is 0 Å². The number of carbonyl (C=O) groups is 2. The second-order valence-corrected chi connectivity index (χ2v) is 4.00. The van der Waals surface area contributed by atoms with E-state index in [0.717, 1.165) is 0 Å². The van der Waals surface area contributed by atoms with Crippen molar-refractivity contribution >= 4 is 29.1 Å². The largest absolute Gasteiger partial charge is 0.368 e. The van der Waals surface area contributed by atoms with Crippen LogP contribution in [-0.2, 0) is 9.59 Å². The first-order chi connectivity index (χ1) is 7.99. The highest BCUT2D eigenvalue weighted by Crippen LogP contribution is 2.12. The van der Waals surface area contributed by atoms with Gasteiger partial charge in [0.05, 0.1) is 12.6 Å². The average Bonchev–Trinajstić information content (AvgIpc) is 2.29. The second-order valence-electron chi connectivity index (χ2n) is 3.56. The van der Waals surface area contributed by atoms with Crippen LogP contribution in [0.4, 0.5) is 5.69 Å². The van der Waals surface area contributed by atoms with Crippen LogP contribution in [0.1, 0.15) is 6.92 Å². The number of nitrogens with one attached hydrogen (secondary N) is 2. The molecule has 6 heteroatoms. The van der Waals surface area contributed by atoms with Crippen LogP contribution in [0, 0.1) is 0 Å². The molecule has 1 rings (SSSR count). The highest BCUT2D eigenvalue weighted by Gasteiger charge is 2.09. The predicted molar refractivity (Wildman–Crippen MR) is 66.7 cm³/mol. The lowest BCUT2D eigenvalue weighted by Crippen LogP contribution is -2.42. The maximum Gasteiger partial charge on any atom is 0.238 e. The first-order valence-corrected chi connectivity index (χ1v) is 5.45. The van der Waals surface area contributed by atoms with E-state index in [-0.39, 0.29) is 12.5 Å². The molecule has 0 heterocycles. The summed E-state index contributed by atoms with van der Waals surface area (Å²) < 4.78 is 0. The molecule has 4 N–H and O–H groups in total. The van der Waals surface area contributed by atoms with Crippen molar-refractivity contribution in [2.24, 2.45) is 5.73 Å². The van der Waals surface area contributed by atoms with Crippen LogP contribution >= 0.6 is 11.6 Å². The molecule has 0 saturated carbocycles. The lowest BCUT2D eigenvalue weighted by atomic mass is 10.3. The number of halogens is 1. The van der Waals surface area contributed by atoms with Crippen LogP contribution in [0.2, 0.25) is 5.02 Å². The number of hydrogen-bond acceptors (Lipinski definition) is 3. The fourth-order valence-corrected chi connectivity index (χ4v) is 1.21. The third-order valence-corrected chi connectivity index (χ3v) is 2.38. The van der Waals surface area contributed by atoms with Gasteiger partial charge in [0.1, 0.15) is 0 Å². The van der Waals surface area contributed by atoms with Gasteiger partial charge in [-0.2, -0.15) is 0 Å². The van der Waals surface area contributed by atoms with E-state index in [0.29, 0.717) is 10.7 Å². The molecule has 0 saturated heterocycles. The zero-order valence-corrected chi connectivity index (χ0v) is 10.1. The molecule has 0 aromatic heterocycles. The van der Waals surface area contributed by atoms with Crippen LogP contribution in [0.25, 0.3) is 0 Å². The summed E-state index contributed by atoms with van der Waals surface area (Å²) in [6.45, 7) is 1.62. The molecule has 0 aliphatic rings. The zero-order valence-electron chi connectivity index (χ0n) is 9.37. The summed E-state index contributed by atoms with van der Waals surface area (Å²) in [6.07, 6.45) is 0. The van der Waals surface area contributed by atoms with Crippen LogP contribution in [0.5, 0.6) is 0 Å². The van der Waals surface area contributed by atoms with Gasteiger partial charge in [0.2, 0.25) is 11.8 Å². The summed E-state index contributed by atoms with van der Waals surface area (Å²) in [6, 6.07) is 6.20. The smallest absolute Gasteiger partial charge is 0.238 e. The van der Waals surface area contributed by atoms with Crippen LogP contribution in [0.3, 0.4) is 0 Å². The number of nitrogens with two attached hydrogens (primary N) is 1. The number of rotatable bonds is 5. The van der Waals surface area contributed by atoms with Gasteiger partial charge in [-0.3, -0.25) is 14.9 Å². The summed E-state index contributed by atoms with van der Waals surface area (Å²) in [5.74, 6) is -0.746. The van der Waals surface area contributed by atoms with E-state index in [4.69, 9.17) is 17.3 Å². The van der Waals surface area contributed by atoms with Crippen molar-refractivity contribution in [2.75, 3.05) is 11.9 Å². The molecule has 92 valence electrons. The highest BCUT2D eigenvalue weighted by atomic mass is 35.5. The molecular weight excluding hydrogens is 242 g/mol. The Morgan fingerprint density at radius 3 is 2.47 bits per heavy atom. The van der Waals surface area contributed by atoms with Crippen LogP contribution < -0.4 is 16.4 Å². The molecule has 0 spiro atoms. The molecule has 0 aliphatic heterocycles. The Morgan fingerprint density at radius 2 is 1.94 bits per heavy atom. The van der Waals surface area contributed by atoms with Crippen LogP contribution in [-0.4, -0.2) is 24.4 Å². The van der Waals surface area contributed by atoms with Crippen molar-refractivity contribution in [3.63, 3.8) is 0 Å². The van der Waals surface area contributed by atoms with Gasteiger partial charge in [-0.25, -0.2) is 0 Å². The van der Waals surface area contributed by atoms with Gasteiger partial charge in [0, 0.05) is 10.7 Å². The van der Waals surface area contributed by atoms with E-state index in [1.54, 1.807) is 31.2 Å². The topological polar surface area (TPSA) is 84.2 Å². The first-order valence-electron chi connectivity index (χ1n) is 5.07. The Morgan fingerprint density at radius 1 is 1.35 bits per heavy atom. The summed E-state index contributed by atoms with van der Waals surface area (Å²) in [7, 11) is 0. The summed E-state index contributed by atoms with van der Waals surface area (Å²) >= 11 is 5.71. The monoisotopic (exact) mass is 255 g/mol. The number of anilines is 1. The molecule has 1 aromatic rings. The van der Waals surface area contributed by atoms with Gasteiger partial charge in [-0.05, 0) is 31.2 Å². The van der Waals surface area contributed by atoms with Gasteiger partial charge < -0.3 is 11.1 Å². The minimum atomic E-state index is -0.536. The summed E-state index contributed by atoms with van der Waals surface area (Å²) in [4.78, 5) is 22.2. The number of carbonyl (C=O) groups excluding carboxylic acids is 2. The third-order valence-electron chi connectivity index (χ3n) is 2.12. The average molecular weight is 256 g/mol. The molecule has 0 fully saturated rings. The number of amides is 2. The molecule has 17 heavy (non-hydrogen) atoms. The lowest BCUT2D eigenvalue weighted by Gasteiger charge is -2.10. The van der Waals surface area contributed by atoms with Crippen molar-refractivity contribution in [1.29, 1.82) is 0 Å². The first kappa shape index (κ1) is 13.5. The Kier molecular flexibility index (Phi) is 4.93. The van der Waals surface area contributed by atoms with E-state index in [1.165, 1.54) is 0 Å². The Labute approximate surface area is 104 Å². The van der Waals surface area contributed by atoms with Gasteiger partial charge in [0.15, 0.2) is 0 Å². The number of benzene rings is 1. The van der Waals surface area contributed by atoms with Crippen LogP contribution in [0.15, 0.2) is 24.3 Å². The molecule has 5 nitrogen and oxygen atoms in total. The fraction of sp³-hybridized carbons (Fsp3) is 0.273. The third kappa shape index (κ3) is 4.84. The Bertz CT molecular complexity index is 406. The SMILES string of the molecule is CC(NCC(=O)Nc1ccc(Cl)cc1)C(N)=O. The lowest BCUT2D eigenvalue weighted by molar-refractivity contribution is -0.120. The summed E-state index contributed by atoms with van der Waals surface area (Å²) in [5.41, 5.74) is 5.69. The molecule has 2 amide bonds. The normalized spacial score (nSPS) is 11.9. The van der Waals surface area contributed by atoms with Crippen molar-refractivity contribution in [2.45, 2.75) is 13.0 Å². The molecular formula is C11H14ClN3O2. The summed E-state index contributed by atoms with van der Waals surface area (Å²) in [5, 5.41) is 5.95. The van der Waals surface area contributed by atoms with E-state index in [2.05, 4.69) is 10.6 Å². The highest BCUT2D eigenvalue weighted by molar-refractivity contribution is 6.30. The molecule has 0 aliphatic carbocycles. The van der Waals surface area contributed by atoms with Gasteiger partial charge >= 0.3 is 0 Å².